The van der Waals surface area contributed by atoms with Crippen LogP contribution in [0.4, 0.5) is 0 Å². The molecule has 0 aromatic carbocycles. The van der Waals surface area contributed by atoms with Crippen molar-refractivity contribution in [1.82, 2.24) is 10.2 Å². The summed E-state index contributed by atoms with van der Waals surface area (Å²) in [6.07, 6.45) is 9.92. The minimum Gasteiger partial charge on any atom is -0.341 e. The second kappa shape index (κ2) is 4.66. The Balaban J connectivity index is 2.33. The molecule has 6 nitrogen and oxygen atoms in total. The minimum atomic E-state index is -3.49. The molecule has 94 valence electrons. The van der Waals surface area contributed by atoms with E-state index in [0.717, 1.165) is 0 Å². The van der Waals surface area contributed by atoms with Gasteiger partial charge >= 0.3 is 0 Å². The number of nitrogens with zero attached hydrogens (tertiary/aromatic N) is 2. The fraction of sp³-hybridized carbons (Fsp3) is 0.273. The zero-order valence-electron chi connectivity index (χ0n) is 9.46. The van der Waals surface area contributed by atoms with Gasteiger partial charge in [-0.25, -0.2) is 8.42 Å². The predicted molar refractivity (Wildman–Crippen MR) is 67.0 cm³/mol. The molecule has 0 unspecified atom stereocenters. The molecule has 0 radical (unpaired) electrons. The molecule has 1 N–H and O–H groups in total. The minimum absolute atomic E-state index is 0.0555. The Morgan fingerprint density at radius 2 is 2.39 bits per heavy atom. The first-order valence-electron chi connectivity index (χ1n) is 5.23. The molecule has 2 aliphatic rings. The highest BCUT2D eigenvalue weighted by Crippen LogP contribution is 2.17. The van der Waals surface area contributed by atoms with Gasteiger partial charge < -0.3 is 10.2 Å². The number of carbonyl (C=O) groups excluding carboxylic acids is 1. The second-order valence-electron chi connectivity index (χ2n) is 3.70. The number of fused-ring (bicyclic) bond motifs is 1. The number of hydrogen-bond acceptors (Lipinski definition) is 4. The number of amidine groups is 1. The van der Waals surface area contributed by atoms with Crippen LogP contribution in [-0.4, -0.2) is 43.9 Å². The maximum Gasteiger partial charge on any atom is 0.256 e. The Morgan fingerprint density at radius 3 is 3.11 bits per heavy atom. The molecule has 0 atom stereocenters. The Morgan fingerprint density at radius 1 is 1.61 bits per heavy atom. The van der Waals surface area contributed by atoms with Crippen molar-refractivity contribution in [2.24, 2.45) is 4.40 Å². The van der Waals surface area contributed by atoms with Crippen LogP contribution < -0.4 is 5.32 Å². The summed E-state index contributed by atoms with van der Waals surface area (Å²) in [6.45, 7) is 0.372. The van der Waals surface area contributed by atoms with E-state index in [9.17, 15) is 13.2 Å². The molecular formula is C11H11N3O3S. The van der Waals surface area contributed by atoms with Gasteiger partial charge in [-0.3, -0.25) is 4.79 Å². The van der Waals surface area contributed by atoms with Gasteiger partial charge in [-0.2, -0.15) is 0 Å². The highest BCUT2D eigenvalue weighted by Gasteiger charge is 2.29. The number of rotatable bonds is 2. The molecule has 0 spiro atoms. The van der Waals surface area contributed by atoms with E-state index in [-0.39, 0.29) is 30.3 Å². The summed E-state index contributed by atoms with van der Waals surface area (Å²) < 4.78 is 26.5. The summed E-state index contributed by atoms with van der Waals surface area (Å²) in [4.78, 5) is 13.4. The molecular weight excluding hydrogens is 254 g/mol. The van der Waals surface area contributed by atoms with Crippen LogP contribution in [0.1, 0.15) is 0 Å². The molecule has 0 aromatic rings. The Kier molecular flexibility index (Phi) is 3.21. The van der Waals surface area contributed by atoms with E-state index in [4.69, 9.17) is 6.42 Å². The van der Waals surface area contributed by atoms with Crippen LogP contribution in [0.2, 0.25) is 0 Å². The van der Waals surface area contributed by atoms with Crippen LogP contribution >= 0.6 is 0 Å². The number of carbonyl (C=O) groups is 1. The Labute approximate surface area is 105 Å². The van der Waals surface area contributed by atoms with Crippen molar-refractivity contribution in [3.63, 3.8) is 0 Å². The SMILES string of the molecule is C#CCNC(=O)C1=CC=CN2CCS(=O)(=O)N=C12. The van der Waals surface area contributed by atoms with Crippen LogP contribution in [0.5, 0.6) is 0 Å². The number of allylic oxidation sites excluding steroid dienone is 2. The van der Waals surface area contributed by atoms with Gasteiger partial charge in [0.05, 0.1) is 17.9 Å². The maximum absolute atomic E-state index is 11.8. The van der Waals surface area contributed by atoms with Crippen LogP contribution in [0.3, 0.4) is 0 Å². The monoisotopic (exact) mass is 265 g/mol. The molecule has 2 heterocycles. The van der Waals surface area contributed by atoms with Crippen molar-refractivity contribution in [3.8, 4) is 12.3 Å². The largest absolute Gasteiger partial charge is 0.341 e. The van der Waals surface area contributed by atoms with E-state index < -0.39 is 15.9 Å². The van der Waals surface area contributed by atoms with Gasteiger partial charge in [-0.1, -0.05) is 5.92 Å². The Hall–Kier alpha value is -2.07. The summed E-state index contributed by atoms with van der Waals surface area (Å²) in [5.74, 6) is 1.94. The standard InChI is InChI=1S/C11H11N3O3S/c1-2-5-12-11(15)9-4-3-6-14-7-8-18(16,17)13-10(9)14/h1,3-4,6H,5,7-8H2,(H,12,15). The third-order valence-corrected chi connectivity index (χ3v) is 3.60. The Bertz CT molecular complexity index is 608. The summed E-state index contributed by atoms with van der Waals surface area (Å²) >= 11 is 0. The van der Waals surface area contributed by atoms with Gasteiger partial charge in [0.15, 0.2) is 5.84 Å². The van der Waals surface area contributed by atoms with Crippen LogP contribution in [0.15, 0.2) is 28.3 Å². The average molecular weight is 265 g/mol. The normalized spacial score (nSPS) is 20.3. The molecule has 0 fully saturated rings. The topological polar surface area (TPSA) is 78.8 Å². The fourth-order valence-corrected chi connectivity index (χ4v) is 2.61. The van der Waals surface area contributed by atoms with Gasteiger partial charge in [0.25, 0.3) is 15.9 Å². The predicted octanol–water partition coefficient (Wildman–Crippen LogP) is -0.767. The van der Waals surface area contributed by atoms with Crippen molar-refractivity contribution >= 4 is 21.8 Å². The summed E-state index contributed by atoms with van der Waals surface area (Å²) in [7, 11) is -3.49. The first-order valence-corrected chi connectivity index (χ1v) is 6.84. The van der Waals surface area contributed by atoms with Crippen molar-refractivity contribution in [2.75, 3.05) is 18.8 Å². The zero-order valence-corrected chi connectivity index (χ0v) is 10.3. The summed E-state index contributed by atoms with van der Waals surface area (Å²) in [5, 5.41) is 2.48. The quantitative estimate of drug-likeness (QED) is 0.665. The molecule has 18 heavy (non-hydrogen) atoms. The maximum atomic E-state index is 11.8. The molecule has 1 amide bonds. The molecule has 0 bridgehead atoms. The third-order valence-electron chi connectivity index (χ3n) is 2.45. The van der Waals surface area contributed by atoms with Crippen LogP contribution in [-0.2, 0) is 14.8 Å². The number of terminal acetylenes is 1. The molecule has 2 rings (SSSR count). The fourth-order valence-electron chi connectivity index (χ4n) is 1.62. The second-order valence-corrected chi connectivity index (χ2v) is 5.46. The van der Waals surface area contributed by atoms with Crippen molar-refractivity contribution in [2.45, 2.75) is 0 Å². The van der Waals surface area contributed by atoms with E-state index in [1.807, 2.05) is 0 Å². The first kappa shape index (κ1) is 12.4. The number of sulfonamides is 1. The molecule has 0 aliphatic carbocycles. The smallest absolute Gasteiger partial charge is 0.256 e. The molecule has 0 saturated heterocycles. The summed E-state index contributed by atoms with van der Waals surface area (Å²) in [6, 6.07) is 0. The van der Waals surface area contributed by atoms with Crippen molar-refractivity contribution in [1.29, 1.82) is 0 Å². The molecule has 0 aromatic heterocycles. The van der Waals surface area contributed by atoms with E-state index in [1.54, 1.807) is 17.2 Å². The van der Waals surface area contributed by atoms with Gasteiger partial charge in [0, 0.05) is 12.7 Å². The lowest BCUT2D eigenvalue weighted by Crippen LogP contribution is -2.42. The highest BCUT2D eigenvalue weighted by atomic mass is 32.2. The van der Waals surface area contributed by atoms with Gasteiger partial charge in [-0.15, -0.1) is 10.8 Å². The number of amides is 1. The van der Waals surface area contributed by atoms with Gasteiger partial charge in [0.1, 0.15) is 0 Å². The van der Waals surface area contributed by atoms with Crippen LogP contribution in [0.25, 0.3) is 0 Å². The van der Waals surface area contributed by atoms with E-state index in [1.165, 1.54) is 6.08 Å². The number of nitrogens with one attached hydrogen (secondary N) is 1. The van der Waals surface area contributed by atoms with Gasteiger partial charge in [-0.05, 0) is 12.2 Å². The lowest BCUT2D eigenvalue weighted by Gasteiger charge is -2.28. The number of hydrogen-bond donors (Lipinski definition) is 1. The molecule has 2 aliphatic heterocycles. The van der Waals surface area contributed by atoms with E-state index in [0.29, 0.717) is 0 Å². The first-order chi connectivity index (χ1) is 8.53. The molecule has 7 heteroatoms. The van der Waals surface area contributed by atoms with E-state index in [2.05, 4.69) is 15.6 Å². The summed E-state index contributed by atoms with van der Waals surface area (Å²) in [5.41, 5.74) is 0.205. The van der Waals surface area contributed by atoms with Gasteiger partial charge in [0.2, 0.25) is 0 Å². The van der Waals surface area contributed by atoms with Crippen LogP contribution in [0, 0.1) is 12.3 Å². The lowest BCUT2D eigenvalue weighted by atomic mass is 10.1. The lowest BCUT2D eigenvalue weighted by molar-refractivity contribution is -0.116. The zero-order chi connectivity index (χ0) is 13.2. The van der Waals surface area contributed by atoms with Crippen molar-refractivity contribution < 1.29 is 13.2 Å². The van der Waals surface area contributed by atoms with E-state index >= 15 is 0 Å². The average Bonchev–Trinajstić information content (AvgIpc) is 2.34. The third kappa shape index (κ3) is 2.43. The molecule has 0 saturated carbocycles. The van der Waals surface area contributed by atoms with Crippen molar-refractivity contribution in [3.05, 3.63) is 23.9 Å². The highest BCUT2D eigenvalue weighted by molar-refractivity contribution is 7.90.